The SMILES string of the molecule is CN(C)C(=O)CCC(=O)N1CCC[C@H](c2ccc(C(=O)O)cc2)C1. The lowest BCUT2D eigenvalue weighted by Gasteiger charge is -2.33. The first-order chi connectivity index (χ1) is 11.4. The molecule has 1 atom stereocenters. The third-order valence-corrected chi connectivity index (χ3v) is 4.45. The number of carboxylic acids is 1. The van der Waals surface area contributed by atoms with Crippen LogP contribution in [0.3, 0.4) is 0 Å². The van der Waals surface area contributed by atoms with Gasteiger partial charge in [0.1, 0.15) is 0 Å². The Labute approximate surface area is 142 Å². The summed E-state index contributed by atoms with van der Waals surface area (Å²) in [5.74, 6) is -0.749. The van der Waals surface area contributed by atoms with E-state index in [-0.39, 0.29) is 36.1 Å². The smallest absolute Gasteiger partial charge is 0.335 e. The molecule has 2 amide bonds. The molecule has 6 nitrogen and oxygen atoms in total. The number of carboxylic acid groups (broad SMARTS) is 1. The standard InChI is InChI=1S/C18H24N2O4/c1-19(2)16(21)9-10-17(22)20-11-3-4-15(12-20)13-5-7-14(8-6-13)18(23)24/h5-8,15H,3-4,9-12H2,1-2H3,(H,23,24)/t15-/m0/s1. The summed E-state index contributed by atoms with van der Waals surface area (Å²) in [6, 6.07) is 6.87. The van der Waals surface area contributed by atoms with Crippen LogP contribution in [0.2, 0.25) is 0 Å². The molecule has 6 heteroatoms. The number of likely N-dealkylation sites (tertiary alicyclic amines) is 1. The van der Waals surface area contributed by atoms with E-state index in [4.69, 9.17) is 5.11 Å². The van der Waals surface area contributed by atoms with Crippen LogP contribution in [-0.2, 0) is 9.59 Å². The Morgan fingerprint density at radius 1 is 1.17 bits per heavy atom. The van der Waals surface area contributed by atoms with Gasteiger partial charge in [0.05, 0.1) is 5.56 Å². The lowest BCUT2D eigenvalue weighted by atomic mass is 9.90. The number of carbonyl (C=O) groups is 3. The van der Waals surface area contributed by atoms with Gasteiger partial charge in [-0.1, -0.05) is 12.1 Å². The molecule has 0 aliphatic carbocycles. The number of amides is 2. The third-order valence-electron chi connectivity index (χ3n) is 4.45. The summed E-state index contributed by atoms with van der Waals surface area (Å²) >= 11 is 0. The van der Waals surface area contributed by atoms with E-state index in [9.17, 15) is 14.4 Å². The number of aromatic carboxylic acids is 1. The van der Waals surface area contributed by atoms with Crippen LogP contribution < -0.4 is 0 Å². The molecule has 1 aromatic carbocycles. The van der Waals surface area contributed by atoms with Gasteiger partial charge in [-0.3, -0.25) is 9.59 Å². The summed E-state index contributed by atoms with van der Waals surface area (Å²) < 4.78 is 0. The highest BCUT2D eigenvalue weighted by molar-refractivity contribution is 5.87. The molecular formula is C18H24N2O4. The maximum Gasteiger partial charge on any atom is 0.335 e. The number of rotatable bonds is 5. The average Bonchev–Trinajstić information content (AvgIpc) is 2.59. The van der Waals surface area contributed by atoms with Gasteiger partial charge >= 0.3 is 5.97 Å². The highest BCUT2D eigenvalue weighted by atomic mass is 16.4. The fourth-order valence-corrected chi connectivity index (χ4v) is 2.97. The van der Waals surface area contributed by atoms with Gasteiger partial charge in [-0.15, -0.1) is 0 Å². The van der Waals surface area contributed by atoms with E-state index in [1.165, 1.54) is 4.90 Å². The molecule has 0 saturated carbocycles. The molecular weight excluding hydrogens is 308 g/mol. The number of hydrogen-bond donors (Lipinski definition) is 1. The predicted octanol–water partition coefficient (Wildman–Crippen LogP) is 1.96. The number of carbonyl (C=O) groups excluding carboxylic acids is 2. The lowest BCUT2D eigenvalue weighted by molar-refractivity contribution is -0.136. The van der Waals surface area contributed by atoms with Gasteiger partial charge in [0, 0.05) is 45.9 Å². The summed E-state index contributed by atoms with van der Waals surface area (Å²) in [7, 11) is 3.37. The molecule has 0 bridgehead atoms. The number of piperidine rings is 1. The molecule has 2 rings (SSSR count). The average molecular weight is 332 g/mol. The van der Waals surface area contributed by atoms with Gasteiger partial charge in [-0.05, 0) is 30.5 Å². The Balaban J connectivity index is 1.94. The summed E-state index contributed by atoms with van der Waals surface area (Å²) in [5, 5.41) is 8.96. The Morgan fingerprint density at radius 2 is 1.83 bits per heavy atom. The van der Waals surface area contributed by atoms with Crippen molar-refractivity contribution in [2.75, 3.05) is 27.2 Å². The van der Waals surface area contributed by atoms with E-state index in [2.05, 4.69) is 0 Å². The zero-order chi connectivity index (χ0) is 17.7. The van der Waals surface area contributed by atoms with Crippen molar-refractivity contribution in [2.24, 2.45) is 0 Å². The second-order valence-electron chi connectivity index (χ2n) is 6.39. The first-order valence-electron chi connectivity index (χ1n) is 8.19. The summed E-state index contributed by atoms with van der Waals surface area (Å²) in [5.41, 5.74) is 1.33. The summed E-state index contributed by atoms with van der Waals surface area (Å²) in [6.07, 6.45) is 2.37. The Morgan fingerprint density at radius 3 is 2.42 bits per heavy atom. The molecule has 1 heterocycles. The van der Waals surface area contributed by atoms with Gasteiger partial charge in [-0.2, -0.15) is 0 Å². The monoisotopic (exact) mass is 332 g/mol. The first-order valence-corrected chi connectivity index (χ1v) is 8.19. The van der Waals surface area contributed by atoms with Crippen molar-refractivity contribution < 1.29 is 19.5 Å². The normalized spacial score (nSPS) is 17.4. The minimum Gasteiger partial charge on any atom is -0.478 e. The van der Waals surface area contributed by atoms with E-state index < -0.39 is 5.97 Å². The second kappa shape index (κ2) is 7.95. The van der Waals surface area contributed by atoms with Crippen LogP contribution >= 0.6 is 0 Å². The van der Waals surface area contributed by atoms with Gasteiger partial charge in [0.2, 0.25) is 11.8 Å². The fourth-order valence-electron chi connectivity index (χ4n) is 2.97. The van der Waals surface area contributed by atoms with Crippen LogP contribution in [0.15, 0.2) is 24.3 Å². The topological polar surface area (TPSA) is 77.9 Å². The largest absolute Gasteiger partial charge is 0.478 e. The van der Waals surface area contributed by atoms with Gasteiger partial charge in [0.15, 0.2) is 0 Å². The van der Waals surface area contributed by atoms with Crippen LogP contribution in [-0.4, -0.2) is 59.9 Å². The molecule has 1 saturated heterocycles. The third kappa shape index (κ3) is 4.57. The Hall–Kier alpha value is -2.37. The highest BCUT2D eigenvalue weighted by Gasteiger charge is 2.25. The second-order valence-corrected chi connectivity index (χ2v) is 6.39. The van der Waals surface area contributed by atoms with Crippen LogP contribution in [0.25, 0.3) is 0 Å². The molecule has 1 N–H and O–H groups in total. The molecule has 0 radical (unpaired) electrons. The zero-order valence-corrected chi connectivity index (χ0v) is 14.2. The molecule has 24 heavy (non-hydrogen) atoms. The van der Waals surface area contributed by atoms with Crippen molar-refractivity contribution in [1.82, 2.24) is 9.80 Å². The van der Waals surface area contributed by atoms with Crippen LogP contribution in [0.1, 0.15) is 47.5 Å². The van der Waals surface area contributed by atoms with Gasteiger partial charge in [0.25, 0.3) is 0 Å². The van der Waals surface area contributed by atoms with E-state index in [0.717, 1.165) is 24.9 Å². The fraction of sp³-hybridized carbons (Fsp3) is 0.500. The van der Waals surface area contributed by atoms with Gasteiger partial charge < -0.3 is 14.9 Å². The molecule has 130 valence electrons. The predicted molar refractivity (Wildman–Crippen MR) is 89.9 cm³/mol. The molecule has 1 fully saturated rings. The minimum absolute atomic E-state index is 0.0112. The van der Waals surface area contributed by atoms with Crippen molar-refractivity contribution in [3.8, 4) is 0 Å². The Kier molecular flexibility index (Phi) is 5.95. The van der Waals surface area contributed by atoms with E-state index in [0.29, 0.717) is 6.54 Å². The maximum atomic E-state index is 12.3. The van der Waals surface area contributed by atoms with E-state index in [1.54, 1.807) is 26.2 Å². The first kappa shape index (κ1) is 18.0. The molecule has 1 aliphatic heterocycles. The van der Waals surface area contributed by atoms with Crippen molar-refractivity contribution in [3.63, 3.8) is 0 Å². The molecule has 0 unspecified atom stereocenters. The molecule has 0 spiro atoms. The molecule has 1 aliphatic rings. The maximum absolute atomic E-state index is 12.3. The van der Waals surface area contributed by atoms with Gasteiger partial charge in [-0.25, -0.2) is 4.79 Å². The van der Waals surface area contributed by atoms with Crippen LogP contribution in [0, 0.1) is 0 Å². The Bertz CT molecular complexity index is 610. The van der Waals surface area contributed by atoms with E-state index in [1.807, 2.05) is 17.0 Å². The quantitative estimate of drug-likeness (QED) is 0.894. The van der Waals surface area contributed by atoms with Crippen molar-refractivity contribution in [1.29, 1.82) is 0 Å². The zero-order valence-electron chi connectivity index (χ0n) is 14.2. The van der Waals surface area contributed by atoms with Crippen molar-refractivity contribution >= 4 is 17.8 Å². The van der Waals surface area contributed by atoms with E-state index >= 15 is 0 Å². The minimum atomic E-state index is -0.937. The molecule has 1 aromatic rings. The van der Waals surface area contributed by atoms with Crippen molar-refractivity contribution in [2.45, 2.75) is 31.6 Å². The number of nitrogens with zero attached hydrogens (tertiary/aromatic N) is 2. The molecule has 0 aromatic heterocycles. The summed E-state index contributed by atoms with van der Waals surface area (Å²) in [4.78, 5) is 38.2. The van der Waals surface area contributed by atoms with Crippen molar-refractivity contribution in [3.05, 3.63) is 35.4 Å². The summed E-state index contributed by atoms with van der Waals surface area (Å²) in [6.45, 7) is 1.35. The lowest BCUT2D eigenvalue weighted by Crippen LogP contribution is -2.39. The van der Waals surface area contributed by atoms with Crippen LogP contribution in [0.5, 0.6) is 0 Å². The number of benzene rings is 1. The highest BCUT2D eigenvalue weighted by Crippen LogP contribution is 2.27. The van der Waals surface area contributed by atoms with Crippen LogP contribution in [0.4, 0.5) is 0 Å². The number of hydrogen-bond acceptors (Lipinski definition) is 3.